The van der Waals surface area contributed by atoms with Crippen molar-refractivity contribution >= 4 is 0 Å². The standard InChI is InChI=1S/C38H70O21/c1-39-15-19-23(43-5)27(44-6)32(49-11)36(54-19)58-25-21(17-41-3)56-38(34(51-13)29(25)46-8)59-26-22(18-42-4)55-37(33(50-12)30(26)47-9)57-24-20(16-40-2)53-35(52-14)31(48-10)28(24)45-7/h19-38H,15-18H2,1-14H3/t19-,20-,21-,22-,23-,24-,25-,26-,27+,28+,29+,30+,31-,32-,33-,34-,35-,36+,37+,38+/m1/s1. The maximum atomic E-state index is 6.82. The Hall–Kier alpha value is -0.840. The molecule has 0 aliphatic carbocycles. The SMILES string of the molecule is COC[C@H]1O[C@@H](O[C@H]2[C@H](OC)[C@@H](OC)[C@H](O[C@H]3[C@H](OC)[C@@H](OC)[C@H](O[C@H]4[C@H](OC)[C@@H](OC)[C@H](OC)O[C@@H]4COC)O[C@@H]3COC)O[C@@H]2COC)[C@H](OC)[C@@H](OC)[C@@H]1OC. The highest BCUT2D eigenvalue weighted by molar-refractivity contribution is 5.00. The Kier molecular flexibility index (Phi) is 21.9. The molecular formula is C38H70O21. The van der Waals surface area contributed by atoms with Crippen LogP contribution in [-0.2, 0) is 99.5 Å². The summed E-state index contributed by atoms with van der Waals surface area (Å²) in [5, 5.41) is 0. The van der Waals surface area contributed by atoms with Gasteiger partial charge in [-0.1, -0.05) is 0 Å². The largest absolute Gasteiger partial charge is 0.382 e. The second kappa shape index (κ2) is 25.5. The van der Waals surface area contributed by atoms with Crippen LogP contribution in [-0.4, -0.2) is 249 Å². The van der Waals surface area contributed by atoms with Crippen molar-refractivity contribution < 1.29 is 99.5 Å². The summed E-state index contributed by atoms with van der Waals surface area (Å²) >= 11 is 0. The van der Waals surface area contributed by atoms with Crippen LogP contribution in [0, 0.1) is 0 Å². The molecular weight excluding hydrogens is 792 g/mol. The van der Waals surface area contributed by atoms with Crippen LogP contribution in [0.15, 0.2) is 0 Å². The number of methoxy groups -OCH3 is 14. The third kappa shape index (κ3) is 11.5. The van der Waals surface area contributed by atoms with E-state index in [0.717, 1.165) is 0 Å². The topological polar surface area (TPSA) is 194 Å². The molecule has 0 aromatic heterocycles. The summed E-state index contributed by atoms with van der Waals surface area (Å²) in [6.07, 6.45) is -15.4. The number of rotatable bonds is 24. The Morgan fingerprint density at radius 1 is 0.237 bits per heavy atom. The fourth-order valence-corrected chi connectivity index (χ4v) is 8.53. The van der Waals surface area contributed by atoms with E-state index in [1.165, 1.54) is 21.3 Å². The lowest BCUT2D eigenvalue weighted by molar-refractivity contribution is -0.394. The molecule has 4 heterocycles. The van der Waals surface area contributed by atoms with E-state index in [2.05, 4.69) is 0 Å². The van der Waals surface area contributed by atoms with Crippen molar-refractivity contribution in [2.24, 2.45) is 0 Å². The average molecular weight is 863 g/mol. The Morgan fingerprint density at radius 2 is 0.458 bits per heavy atom. The monoisotopic (exact) mass is 862 g/mol. The van der Waals surface area contributed by atoms with Gasteiger partial charge in [0.2, 0.25) is 0 Å². The lowest BCUT2D eigenvalue weighted by Gasteiger charge is -2.51. The summed E-state index contributed by atoms with van der Waals surface area (Å²) in [7, 11) is 21.7. The third-order valence-electron chi connectivity index (χ3n) is 11.2. The van der Waals surface area contributed by atoms with Gasteiger partial charge in [0.05, 0.1) is 26.4 Å². The van der Waals surface area contributed by atoms with Crippen molar-refractivity contribution in [3.63, 3.8) is 0 Å². The molecule has 21 heteroatoms. The smallest absolute Gasteiger partial charge is 0.187 e. The first-order valence-electron chi connectivity index (χ1n) is 19.5. The minimum atomic E-state index is -1.08. The predicted molar refractivity (Wildman–Crippen MR) is 201 cm³/mol. The van der Waals surface area contributed by atoms with Gasteiger partial charge in [-0.05, 0) is 0 Å². The molecule has 0 saturated carbocycles. The lowest BCUT2D eigenvalue weighted by atomic mass is 9.95. The highest BCUT2D eigenvalue weighted by Crippen LogP contribution is 2.38. The van der Waals surface area contributed by atoms with Gasteiger partial charge in [0.1, 0.15) is 97.7 Å². The molecule has 0 aromatic carbocycles. The number of ether oxygens (including phenoxy) is 21. The molecule has 4 aliphatic rings. The normalized spacial score (nSPS) is 43.2. The predicted octanol–water partition coefficient (Wildman–Crippen LogP) is -0.591. The molecule has 0 aromatic rings. The zero-order valence-electron chi connectivity index (χ0n) is 36.9. The van der Waals surface area contributed by atoms with Crippen molar-refractivity contribution in [1.82, 2.24) is 0 Å². The zero-order valence-corrected chi connectivity index (χ0v) is 36.9. The molecule has 0 amide bonds. The molecule has 4 aliphatic heterocycles. The van der Waals surface area contributed by atoms with Crippen molar-refractivity contribution in [1.29, 1.82) is 0 Å². The van der Waals surface area contributed by atoms with Crippen molar-refractivity contribution in [3.05, 3.63) is 0 Å². The molecule has 0 radical (unpaired) electrons. The van der Waals surface area contributed by atoms with E-state index < -0.39 is 123 Å². The van der Waals surface area contributed by atoms with E-state index in [4.69, 9.17) is 99.5 Å². The molecule has 0 spiro atoms. The van der Waals surface area contributed by atoms with Gasteiger partial charge in [-0.25, -0.2) is 0 Å². The lowest BCUT2D eigenvalue weighted by Crippen LogP contribution is -2.68. The van der Waals surface area contributed by atoms with Crippen molar-refractivity contribution in [2.75, 3.05) is 126 Å². The first-order chi connectivity index (χ1) is 28.7. The van der Waals surface area contributed by atoms with E-state index in [-0.39, 0.29) is 26.4 Å². The molecule has 4 saturated heterocycles. The molecule has 0 unspecified atom stereocenters. The first-order valence-corrected chi connectivity index (χ1v) is 19.5. The van der Waals surface area contributed by atoms with Crippen molar-refractivity contribution in [2.45, 2.75) is 123 Å². The van der Waals surface area contributed by atoms with Gasteiger partial charge in [-0.15, -0.1) is 0 Å². The van der Waals surface area contributed by atoms with E-state index in [0.29, 0.717) is 0 Å². The van der Waals surface area contributed by atoms with Gasteiger partial charge in [0, 0.05) is 99.5 Å². The Balaban J connectivity index is 1.63. The summed E-state index contributed by atoms with van der Waals surface area (Å²) in [6.45, 7) is 0.510. The van der Waals surface area contributed by atoms with Gasteiger partial charge in [-0.3, -0.25) is 0 Å². The quantitative estimate of drug-likeness (QED) is 0.119. The Morgan fingerprint density at radius 3 is 0.695 bits per heavy atom. The summed E-state index contributed by atoms with van der Waals surface area (Å²) in [5.74, 6) is 0. The van der Waals surface area contributed by atoms with Crippen LogP contribution < -0.4 is 0 Å². The maximum absolute atomic E-state index is 6.82. The summed E-state index contributed by atoms with van der Waals surface area (Å²) in [6, 6.07) is 0. The molecule has 20 atom stereocenters. The van der Waals surface area contributed by atoms with E-state index >= 15 is 0 Å². The fourth-order valence-electron chi connectivity index (χ4n) is 8.53. The van der Waals surface area contributed by atoms with Crippen LogP contribution in [0.1, 0.15) is 0 Å². The zero-order chi connectivity index (χ0) is 43.2. The van der Waals surface area contributed by atoms with E-state index in [9.17, 15) is 0 Å². The minimum absolute atomic E-state index is 0.0676. The van der Waals surface area contributed by atoms with Gasteiger partial charge in [-0.2, -0.15) is 0 Å². The summed E-state index contributed by atoms with van der Waals surface area (Å²) in [5.41, 5.74) is 0. The van der Waals surface area contributed by atoms with Gasteiger partial charge in [0.25, 0.3) is 0 Å². The molecule has 21 nitrogen and oxygen atoms in total. The van der Waals surface area contributed by atoms with Crippen LogP contribution in [0.4, 0.5) is 0 Å². The van der Waals surface area contributed by atoms with Crippen LogP contribution in [0.2, 0.25) is 0 Å². The highest BCUT2D eigenvalue weighted by Gasteiger charge is 2.57. The fraction of sp³-hybridized carbons (Fsp3) is 1.00. The number of hydrogen-bond acceptors (Lipinski definition) is 21. The molecule has 348 valence electrons. The molecule has 0 N–H and O–H groups in total. The van der Waals surface area contributed by atoms with Crippen molar-refractivity contribution in [3.8, 4) is 0 Å². The second-order valence-corrected chi connectivity index (χ2v) is 14.3. The van der Waals surface area contributed by atoms with E-state index in [1.807, 2.05) is 0 Å². The average Bonchev–Trinajstić information content (AvgIpc) is 3.24. The van der Waals surface area contributed by atoms with Gasteiger partial charge >= 0.3 is 0 Å². The highest BCUT2D eigenvalue weighted by atomic mass is 16.8. The first kappa shape index (κ1) is 50.8. The third-order valence-corrected chi connectivity index (χ3v) is 11.2. The molecule has 59 heavy (non-hydrogen) atoms. The van der Waals surface area contributed by atoms with Crippen LogP contribution in [0.5, 0.6) is 0 Å². The molecule has 0 bridgehead atoms. The molecule has 4 rings (SSSR count). The van der Waals surface area contributed by atoms with Gasteiger partial charge < -0.3 is 99.5 Å². The summed E-state index contributed by atoms with van der Waals surface area (Å²) in [4.78, 5) is 0. The minimum Gasteiger partial charge on any atom is -0.382 e. The maximum Gasteiger partial charge on any atom is 0.187 e. The summed E-state index contributed by atoms with van der Waals surface area (Å²) < 4.78 is 127. The Labute approximate surface area is 348 Å². The van der Waals surface area contributed by atoms with E-state index in [1.54, 1.807) is 78.2 Å². The molecule has 4 fully saturated rings. The van der Waals surface area contributed by atoms with Crippen LogP contribution in [0.25, 0.3) is 0 Å². The van der Waals surface area contributed by atoms with Gasteiger partial charge in [0.15, 0.2) is 25.2 Å². The van der Waals surface area contributed by atoms with Crippen LogP contribution >= 0.6 is 0 Å². The van der Waals surface area contributed by atoms with Crippen LogP contribution in [0.3, 0.4) is 0 Å². The second-order valence-electron chi connectivity index (χ2n) is 14.3. The Bertz CT molecular complexity index is 1150. The number of hydrogen-bond donors (Lipinski definition) is 0.